The van der Waals surface area contributed by atoms with Crippen molar-refractivity contribution in [3.8, 4) is 0 Å². The number of hydrogen-bond donors (Lipinski definition) is 1. The van der Waals surface area contributed by atoms with Gasteiger partial charge in [-0.05, 0) is 81.2 Å². The molecule has 0 unspecified atom stereocenters. The van der Waals surface area contributed by atoms with E-state index in [-0.39, 0.29) is 21.4 Å². The number of sulfonamides is 1. The predicted octanol–water partition coefficient (Wildman–Crippen LogP) is 3.93. The number of anilines is 1. The maximum Gasteiger partial charge on any atom is 0.261 e. The maximum absolute atomic E-state index is 12.9. The molecule has 8 heteroatoms. The highest BCUT2D eigenvalue weighted by atomic mass is 35.5. The molecule has 1 saturated heterocycles. The minimum atomic E-state index is -3.85. The fraction of sp³-hybridized carbons (Fsp3) is 0.409. The second kappa shape index (κ2) is 9.37. The Morgan fingerprint density at radius 2 is 1.80 bits per heavy atom. The molecule has 0 atom stereocenters. The van der Waals surface area contributed by atoms with Crippen LogP contribution < -0.4 is 4.72 Å². The number of likely N-dealkylation sites (tertiary alicyclic amines) is 1. The quantitative estimate of drug-likeness (QED) is 0.695. The molecule has 1 fully saturated rings. The summed E-state index contributed by atoms with van der Waals surface area (Å²) < 4.78 is 28.3. The topological polar surface area (TPSA) is 69.7 Å². The van der Waals surface area contributed by atoms with Crippen LogP contribution in [-0.2, 0) is 10.0 Å². The second-order valence-electron chi connectivity index (χ2n) is 7.82. The largest absolute Gasteiger partial charge is 0.340 e. The Bertz CT molecular complexity index is 1030. The van der Waals surface area contributed by atoms with Crippen LogP contribution in [0.15, 0.2) is 41.3 Å². The zero-order chi connectivity index (χ0) is 21.9. The van der Waals surface area contributed by atoms with E-state index >= 15 is 0 Å². The maximum atomic E-state index is 12.9. The van der Waals surface area contributed by atoms with Gasteiger partial charge in [0.15, 0.2) is 0 Å². The van der Waals surface area contributed by atoms with E-state index in [1.54, 1.807) is 24.1 Å². The number of nitrogens with one attached hydrogen (secondary N) is 1. The number of halogens is 1. The molecule has 0 radical (unpaired) electrons. The Labute approximate surface area is 183 Å². The van der Waals surface area contributed by atoms with Gasteiger partial charge in [-0.2, -0.15) is 0 Å². The molecule has 1 amide bonds. The summed E-state index contributed by atoms with van der Waals surface area (Å²) in [5.41, 5.74) is 2.73. The van der Waals surface area contributed by atoms with E-state index in [4.69, 9.17) is 11.6 Å². The number of benzene rings is 2. The Hall–Kier alpha value is -2.09. The van der Waals surface area contributed by atoms with Gasteiger partial charge in [0.25, 0.3) is 15.9 Å². The molecule has 2 aromatic rings. The fourth-order valence-electron chi connectivity index (χ4n) is 3.46. The van der Waals surface area contributed by atoms with Gasteiger partial charge in [0.1, 0.15) is 0 Å². The van der Waals surface area contributed by atoms with E-state index in [2.05, 4.69) is 9.62 Å². The summed E-state index contributed by atoms with van der Waals surface area (Å²) in [6.45, 7) is 7.36. The summed E-state index contributed by atoms with van der Waals surface area (Å²) in [4.78, 5) is 16.8. The molecule has 0 aromatic heterocycles. The lowest BCUT2D eigenvalue weighted by Crippen LogP contribution is -2.35. The van der Waals surface area contributed by atoms with Gasteiger partial charge in [-0.25, -0.2) is 8.42 Å². The predicted molar refractivity (Wildman–Crippen MR) is 121 cm³/mol. The van der Waals surface area contributed by atoms with Crippen LogP contribution in [0.25, 0.3) is 0 Å². The molecule has 0 aliphatic carbocycles. The molecule has 2 aromatic carbocycles. The lowest BCUT2D eigenvalue weighted by Gasteiger charge is -2.22. The van der Waals surface area contributed by atoms with Crippen molar-refractivity contribution in [1.29, 1.82) is 0 Å². The number of carbonyl (C=O) groups excluding carboxylic acids is 1. The van der Waals surface area contributed by atoms with Gasteiger partial charge < -0.3 is 9.80 Å². The van der Waals surface area contributed by atoms with Crippen LogP contribution in [0.5, 0.6) is 0 Å². The third-order valence-corrected chi connectivity index (χ3v) is 7.24. The monoisotopic (exact) mass is 449 g/mol. The molecule has 0 bridgehead atoms. The van der Waals surface area contributed by atoms with E-state index in [1.807, 2.05) is 19.9 Å². The van der Waals surface area contributed by atoms with E-state index in [0.717, 1.165) is 30.8 Å². The van der Waals surface area contributed by atoms with E-state index < -0.39 is 10.0 Å². The van der Waals surface area contributed by atoms with Gasteiger partial charge in [-0.1, -0.05) is 17.7 Å². The Kier molecular flexibility index (Phi) is 7.06. The summed E-state index contributed by atoms with van der Waals surface area (Å²) >= 11 is 6.24. The highest BCUT2D eigenvalue weighted by Crippen LogP contribution is 2.24. The summed E-state index contributed by atoms with van der Waals surface area (Å²) in [5, 5.41) is 0.234. The molecular weight excluding hydrogens is 422 g/mol. The van der Waals surface area contributed by atoms with E-state index in [1.165, 1.54) is 31.0 Å². The van der Waals surface area contributed by atoms with Crippen LogP contribution in [0.1, 0.15) is 34.3 Å². The van der Waals surface area contributed by atoms with Gasteiger partial charge >= 0.3 is 0 Å². The fourth-order valence-corrected chi connectivity index (χ4v) is 4.73. The summed E-state index contributed by atoms with van der Waals surface area (Å²) in [6, 6.07) is 9.57. The lowest BCUT2D eigenvalue weighted by atomic mass is 10.1. The van der Waals surface area contributed by atoms with Crippen molar-refractivity contribution >= 4 is 33.2 Å². The average Bonchev–Trinajstić information content (AvgIpc) is 3.22. The molecule has 30 heavy (non-hydrogen) atoms. The van der Waals surface area contributed by atoms with Gasteiger partial charge in [0.05, 0.1) is 15.5 Å². The molecule has 0 saturated carbocycles. The van der Waals surface area contributed by atoms with Crippen LogP contribution >= 0.6 is 11.6 Å². The van der Waals surface area contributed by atoms with Gasteiger partial charge in [-0.3, -0.25) is 9.52 Å². The van der Waals surface area contributed by atoms with Gasteiger partial charge in [0.2, 0.25) is 0 Å². The molecule has 6 nitrogen and oxygen atoms in total. The first kappa shape index (κ1) is 22.6. The normalized spacial score (nSPS) is 14.7. The summed E-state index contributed by atoms with van der Waals surface area (Å²) in [7, 11) is -2.14. The molecule has 3 rings (SSSR count). The first-order valence-electron chi connectivity index (χ1n) is 10.0. The molecule has 1 aliphatic rings. The van der Waals surface area contributed by atoms with Crippen molar-refractivity contribution in [2.75, 3.05) is 37.9 Å². The van der Waals surface area contributed by atoms with Crippen molar-refractivity contribution < 1.29 is 13.2 Å². The Balaban J connectivity index is 1.77. The van der Waals surface area contributed by atoms with Crippen LogP contribution in [0, 0.1) is 13.8 Å². The highest BCUT2D eigenvalue weighted by Gasteiger charge is 2.22. The molecule has 1 aliphatic heterocycles. The number of hydrogen-bond acceptors (Lipinski definition) is 4. The van der Waals surface area contributed by atoms with Crippen molar-refractivity contribution in [2.45, 2.75) is 31.6 Å². The number of likely N-dealkylation sites (N-methyl/N-ethyl adjacent to an activating group) is 1. The summed E-state index contributed by atoms with van der Waals surface area (Å²) in [5.74, 6) is -0.289. The van der Waals surface area contributed by atoms with Crippen molar-refractivity contribution in [3.05, 3.63) is 58.1 Å². The van der Waals surface area contributed by atoms with Crippen LogP contribution in [0.3, 0.4) is 0 Å². The van der Waals surface area contributed by atoms with Gasteiger partial charge in [-0.15, -0.1) is 0 Å². The number of rotatable bonds is 7. The number of carbonyl (C=O) groups is 1. The Morgan fingerprint density at radius 3 is 2.47 bits per heavy atom. The second-order valence-corrected chi connectivity index (χ2v) is 9.91. The molecule has 1 N–H and O–H groups in total. The van der Waals surface area contributed by atoms with Gasteiger partial charge in [0, 0.05) is 25.8 Å². The first-order valence-corrected chi connectivity index (χ1v) is 11.9. The third-order valence-electron chi connectivity index (χ3n) is 5.53. The zero-order valence-electron chi connectivity index (χ0n) is 17.6. The standard InChI is InChI=1S/C22H28ClN3O3S/c1-16-6-7-18(14-17(16)2)24-30(28,29)19-8-9-21(23)20(15-19)22(27)25(3)12-13-26-10-4-5-11-26/h6-9,14-15,24H,4-5,10-13H2,1-3H3. The minimum absolute atomic E-state index is 0.00132. The molecular formula is C22H28ClN3O3S. The first-order chi connectivity index (χ1) is 14.2. The molecule has 162 valence electrons. The lowest BCUT2D eigenvalue weighted by molar-refractivity contribution is 0.0782. The van der Waals surface area contributed by atoms with Crippen LogP contribution in [0.4, 0.5) is 5.69 Å². The van der Waals surface area contributed by atoms with E-state index in [0.29, 0.717) is 12.2 Å². The van der Waals surface area contributed by atoms with Crippen molar-refractivity contribution in [2.24, 2.45) is 0 Å². The SMILES string of the molecule is Cc1ccc(NS(=O)(=O)c2ccc(Cl)c(C(=O)N(C)CCN3CCCC3)c2)cc1C. The highest BCUT2D eigenvalue weighted by molar-refractivity contribution is 7.92. The molecule has 1 heterocycles. The van der Waals surface area contributed by atoms with Crippen molar-refractivity contribution in [3.63, 3.8) is 0 Å². The Morgan fingerprint density at radius 1 is 1.10 bits per heavy atom. The average molecular weight is 450 g/mol. The minimum Gasteiger partial charge on any atom is -0.340 e. The molecule has 0 spiro atoms. The number of nitrogens with zero attached hydrogens (tertiary/aromatic N) is 2. The number of amides is 1. The van der Waals surface area contributed by atoms with E-state index in [9.17, 15) is 13.2 Å². The number of aryl methyl sites for hydroxylation is 2. The van der Waals surface area contributed by atoms with Crippen LogP contribution in [-0.4, -0.2) is 57.4 Å². The zero-order valence-corrected chi connectivity index (χ0v) is 19.2. The third kappa shape index (κ3) is 5.33. The smallest absolute Gasteiger partial charge is 0.261 e. The summed E-state index contributed by atoms with van der Waals surface area (Å²) in [6.07, 6.45) is 2.38. The van der Waals surface area contributed by atoms with Crippen LogP contribution in [0.2, 0.25) is 5.02 Å². The van der Waals surface area contributed by atoms with Crippen molar-refractivity contribution in [1.82, 2.24) is 9.80 Å².